The summed E-state index contributed by atoms with van der Waals surface area (Å²) in [4.78, 5) is 0.0542. The maximum Gasteiger partial charge on any atom is 0.142 e. The van der Waals surface area contributed by atoms with Gasteiger partial charge in [0.05, 0.1) is 15.7 Å². The molecule has 0 bridgehead atoms. The number of benzene rings is 1. The summed E-state index contributed by atoms with van der Waals surface area (Å²) < 4.78 is 37.4. The highest BCUT2D eigenvalue weighted by Crippen LogP contribution is 2.14. The van der Waals surface area contributed by atoms with E-state index in [4.69, 9.17) is 0 Å². The summed E-state index contributed by atoms with van der Waals surface area (Å²) in [5.41, 5.74) is 0. The Morgan fingerprint density at radius 2 is 2.13 bits per heavy atom. The molecule has 0 fully saturated rings. The second-order valence-electron chi connectivity index (χ2n) is 3.28. The van der Waals surface area contributed by atoms with E-state index in [0.717, 1.165) is 12.1 Å². The number of halogens is 2. The van der Waals surface area contributed by atoms with Gasteiger partial charge in [-0.15, -0.1) is 0 Å². The van der Waals surface area contributed by atoms with Gasteiger partial charge in [-0.25, -0.2) is 8.78 Å². The molecule has 5 heteroatoms. The molecule has 0 aromatic heterocycles. The molecule has 1 rings (SSSR count). The van der Waals surface area contributed by atoms with E-state index in [9.17, 15) is 13.0 Å². The predicted octanol–water partition coefficient (Wildman–Crippen LogP) is 1.68. The standard InChI is InChI=1S/C10H13F2NOS/c1-7(13-2)6-15(14)10-4-3-8(11)5-9(10)12/h3-5,7,13H,6H2,1-2H3. The topological polar surface area (TPSA) is 29.1 Å². The minimum atomic E-state index is -1.44. The molecule has 0 saturated heterocycles. The normalized spacial score (nSPS) is 14.9. The maximum absolute atomic E-state index is 13.2. The highest BCUT2D eigenvalue weighted by Gasteiger charge is 2.13. The lowest BCUT2D eigenvalue weighted by molar-refractivity contribution is 0.561. The molecule has 84 valence electrons. The van der Waals surface area contributed by atoms with Crippen molar-refractivity contribution in [2.24, 2.45) is 0 Å². The first-order valence-electron chi connectivity index (χ1n) is 4.55. The Balaban J connectivity index is 2.82. The van der Waals surface area contributed by atoms with Crippen molar-refractivity contribution in [1.29, 1.82) is 0 Å². The lowest BCUT2D eigenvalue weighted by Gasteiger charge is -2.09. The third-order valence-corrected chi connectivity index (χ3v) is 3.66. The highest BCUT2D eigenvalue weighted by atomic mass is 32.2. The summed E-state index contributed by atoms with van der Waals surface area (Å²) in [6, 6.07) is 3.11. The molecule has 15 heavy (non-hydrogen) atoms. The Kier molecular flexibility index (Phi) is 4.35. The minimum Gasteiger partial charge on any atom is -0.316 e. The molecule has 2 atom stereocenters. The number of hydrogen-bond acceptors (Lipinski definition) is 2. The van der Waals surface area contributed by atoms with Crippen LogP contribution in [0.2, 0.25) is 0 Å². The monoisotopic (exact) mass is 233 g/mol. The van der Waals surface area contributed by atoms with E-state index in [0.29, 0.717) is 5.75 Å². The lowest BCUT2D eigenvalue weighted by Crippen LogP contribution is -2.27. The van der Waals surface area contributed by atoms with Crippen molar-refractivity contribution in [1.82, 2.24) is 5.32 Å². The predicted molar refractivity (Wildman–Crippen MR) is 56.2 cm³/mol. The van der Waals surface area contributed by atoms with E-state index in [1.807, 2.05) is 6.92 Å². The van der Waals surface area contributed by atoms with Crippen molar-refractivity contribution in [3.05, 3.63) is 29.8 Å². The van der Waals surface area contributed by atoms with Crippen LogP contribution < -0.4 is 5.32 Å². The van der Waals surface area contributed by atoms with Crippen molar-refractivity contribution in [3.63, 3.8) is 0 Å². The number of hydrogen-bond donors (Lipinski definition) is 1. The van der Waals surface area contributed by atoms with Crippen LogP contribution in [-0.4, -0.2) is 23.1 Å². The van der Waals surface area contributed by atoms with Crippen molar-refractivity contribution < 1.29 is 13.0 Å². The van der Waals surface area contributed by atoms with Gasteiger partial charge in [-0.05, 0) is 26.1 Å². The molecule has 2 unspecified atom stereocenters. The molecule has 0 spiro atoms. The van der Waals surface area contributed by atoms with E-state index >= 15 is 0 Å². The summed E-state index contributed by atoms with van der Waals surface area (Å²) in [5, 5.41) is 2.91. The Bertz CT molecular complexity index is 370. The van der Waals surface area contributed by atoms with Crippen LogP contribution in [0.1, 0.15) is 6.92 Å². The van der Waals surface area contributed by atoms with Crippen molar-refractivity contribution >= 4 is 10.8 Å². The van der Waals surface area contributed by atoms with Gasteiger partial charge in [0.15, 0.2) is 0 Å². The van der Waals surface area contributed by atoms with Crippen LogP contribution in [0.5, 0.6) is 0 Å². The average Bonchev–Trinajstić information content (AvgIpc) is 2.17. The SMILES string of the molecule is CNC(C)CS(=O)c1ccc(F)cc1F. The molecule has 1 N–H and O–H groups in total. The van der Waals surface area contributed by atoms with E-state index in [1.165, 1.54) is 6.07 Å². The lowest BCUT2D eigenvalue weighted by atomic mass is 10.3. The highest BCUT2D eigenvalue weighted by molar-refractivity contribution is 7.85. The molecule has 1 aromatic carbocycles. The third-order valence-electron chi connectivity index (χ3n) is 2.03. The Hall–Kier alpha value is -0.810. The summed E-state index contributed by atoms with van der Waals surface area (Å²) >= 11 is 0. The summed E-state index contributed by atoms with van der Waals surface area (Å²) in [7, 11) is 0.302. The molecular formula is C10H13F2NOS. The average molecular weight is 233 g/mol. The van der Waals surface area contributed by atoms with Crippen LogP contribution in [0.15, 0.2) is 23.1 Å². The van der Waals surface area contributed by atoms with Gasteiger partial charge in [-0.1, -0.05) is 0 Å². The Labute approximate surface area is 90.1 Å². The van der Waals surface area contributed by atoms with Crippen LogP contribution in [0.3, 0.4) is 0 Å². The quantitative estimate of drug-likeness (QED) is 0.857. The first-order chi connectivity index (χ1) is 7.04. The van der Waals surface area contributed by atoms with E-state index in [1.54, 1.807) is 7.05 Å². The first-order valence-corrected chi connectivity index (χ1v) is 5.87. The Morgan fingerprint density at radius 1 is 1.47 bits per heavy atom. The van der Waals surface area contributed by atoms with Crippen molar-refractivity contribution in [2.75, 3.05) is 12.8 Å². The smallest absolute Gasteiger partial charge is 0.142 e. The molecular weight excluding hydrogens is 220 g/mol. The summed E-state index contributed by atoms with van der Waals surface area (Å²) in [6.07, 6.45) is 0. The molecule has 1 aromatic rings. The molecule has 0 aliphatic rings. The number of nitrogens with one attached hydrogen (secondary N) is 1. The van der Waals surface area contributed by atoms with Crippen LogP contribution >= 0.6 is 0 Å². The van der Waals surface area contributed by atoms with Gasteiger partial charge in [0.1, 0.15) is 11.6 Å². The van der Waals surface area contributed by atoms with E-state index < -0.39 is 22.4 Å². The fourth-order valence-corrected chi connectivity index (χ4v) is 2.36. The molecule has 0 radical (unpaired) electrons. The van der Waals surface area contributed by atoms with Gasteiger partial charge in [0.2, 0.25) is 0 Å². The van der Waals surface area contributed by atoms with Gasteiger partial charge in [-0.3, -0.25) is 4.21 Å². The molecule has 0 aliphatic carbocycles. The number of rotatable bonds is 4. The molecule has 2 nitrogen and oxygen atoms in total. The van der Waals surface area contributed by atoms with E-state index in [2.05, 4.69) is 5.32 Å². The third kappa shape index (κ3) is 3.35. The van der Waals surface area contributed by atoms with Crippen molar-refractivity contribution in [3.8, 4) is 0 Å². The Morgan fingerprint density at radius 3 is 2.67 bits per heavy atom. The summed E-state index contributed by atoms with van der Waals surface area (Å²) in [6.45, 7) is 1.85. The van der Waals surface area contributed by atoms with Gasteiger partial charge >= 0.3 is 0 Å². The molecule has 0 amide bonds. The van der Waals surface area contributed by atoms with Gasteiger partial charge < -0.3 is 5.32 Å². The van der Waals surface area contributed by atoms with Crippen LogP contribution in [-0.2, 0) is 10.8 Å². The fourth-order valence-electron chi connectivity index (χ4n) is 1.06. The first kappa shape index (κ1) is 12.3. The zero-order chi connectivity index (χ0) is 11.4. The zero-order valence-corrected chi connectivity index (χ0v) is 9.41. The molecule has 0 aliphatic heterocycles. The second kappa shape index (κ2) is 5.32. The van der Waals surface area contributed by atoms with Crippen LogP contribution in [0.4, 0.5) is 8.78 Å². The van der Waals surface area contributed by atoms with E-state index in [-0.39, 0.29) is 10.9 Å². The minimum absolute atomic E-state index is 0.0234. The zero-order valence-electron chi connectivity index (χ0n) is 8.59. The van der Waals surface area contributed by atoms with Crippen molar-refractivity contribution in [2.45, 2.75) is 17.9 Å². The summed E-state index contributed by atoms with van der Waals surface area (Å²) in [5.74, 6) is -1.11. The molecule has 0 heterocycles. The second-order valence-corrected chi connectivity index (χ2v) is 4.74. The maximum atomic E-state index is 13.2. The molecule has 0 saturated carbocycles. The van der Waals surface area contributed by atoms with Gasteiger partial charge in [0, 0.05) is 17.9 Å². The van der Waals surface area contributed by atoms with Gasteiger partial charge in [-0.2, -0.15) is 0 Å². The largest absolute Gasteiger partial charge is 0.316 e. The van der Waals surface area contributed by atoms with Crippen LogP contribution in [0, 0.1) is 11.6 Å². The fraction of sp³-hybridized carbons (Fsp3) is 0.400. The van der Waals surface area contributed by atoms with Crippen LogP contribution in [0.25, 0.3) is 0 Å². The van der Waals surface area contributed by atoms with Gasteiger partial charge in [0.25, 0.3) is 0 Å².